The average molecular weight is 424 g/mol. The number of nitrogens with one attached hydrogen (secondary N) is 1. The molecular formula is C23H24N2O6. The predicted molar refractivity (Wildman–Crippen MR) is 114 cm³/mol. The Hall–Kier alpha value is -3.99. The Kier molecular flexibility index (Phi) is 8.92. The molecule has 1 amide bonds. The van der Waals surface area contributed by atoms with Gasteiger partial charge in [-0.2, -0.15) is 5.26 Å². The van der Waals surface area contributed by atoms with Gasteiger partial charge in [-0.25, -0.2) is 4.79 Å². The van der Waals surface area contributed by atoms with Crippen LogP contribution in [0.3, 0.4) is 0 Å². The molecule has 0 aliphatic heterocycles. The van der Waals surface area contributed by atoms with Crippen molar-refractivity contribution in [2.24, 2.45) is 0 Å². The topological polar surface area (TPSA) is 107 Å². The first-order chi connectivity index (χ1) is 15.0. The van der Waals surface area contributed by atoms with Gasteiger partial charge in [0.05, 0.1) is 21.3 Å². The summed E-state index contributed by atoms with van der Waals surface area (Å²) in [6, 6.07) is 14.1. The molecule has 0 aromatic heterocycles. The van der Waals surface area contributed by atoms with Crippen molar-refractivity contribution in [3.05, 3.63) is 59.2 Å². The minimum atomic E-state index is -0.486. The molecule has 0 aliphatic rings. The molecule has 0 saturated heterocycles. The molecular weight excluding hydrogens is 400 g/mol. The van der Waals surface area contributed by atoms with Gasteiger partial charge in [0.15, 0.2) is 18.1 Å². The molecule has 0 atom stereocenters. The summed E-state index contributed by atoms with van der Waals surface area (Å²) in [6.07, 6.45) is 2.05. The van der Waals surface area contributed by atoms with E-state index < -0.39 is 11.9 Å². The van der Waals surface area contributed by atoms with E-state index in [0.29, 0.717) is 35.8 Å². The largest absolute Gasteiger partial charge is 0.493 e. The second-order valence-corrected chi connectivity index (χ2v) is 6.30. The number of amides is 1. The number of nitrogens with zero attached hydrogens (tertiary/aromatic N) is 1. The minimum absolute atomic E-state index is 0.0180. The zero-order valence-electron chi connectivity index (χ0n) is 17.6. The van der Waals surface area contributed by atoms with Crippen LogP contribution in [0.25, 0.3) is 6.08 Å². The number of esters is 1. The van der Waals surface area contributed by atoms with E-state index in [1.165, 1.54) is 13.2 Å². The first-order valence-electron chi connectivity index (χ1n) is 9.41. The molecule has 8 heteroatoms. The van der Waals surface area contributed by atoms with E-state index in [9.17, 15) is 14.9 Å². The van der Waals surface area contributed by atoms with Crippen molar-refractivity contribution < 1.29 is 28.5 Å². The Morgan fingerprint density at radius 1 is 1.03 bits per heavy atom. The molecule has 162 valence electrons. The van der Waals surface area contributed by atoms with Gasteiger partial charge in [-0.1, -0.05) is 18.2 Å². The summed E-state index contributed by atoms with van der Waals surface area (Å²) in [5.41, 5.74) is 1.59. The molecule has 0 spiro atoms. The molecule has 2 aromatic rings. The van der Waals surface area contributed by atoms with Crippen molar-refractivity contribution >= 4 is 18.0 Å². The molecule has 31 heavy (non-hydrogen) atoms. The lowest BCUT2D eigenvalue weighted by molar-refractivity contribution is -0.142. The molecule has 0 aliphatic carbocycles. The van der Waals surface area contributed by atoms with Crippen LogP contribution in [0.2, 0.25) is 0 Å². The predicted octanol–water partition coefficient (Wildman–Crippen LogP) is 2.52. The number of carbonyl (C=O) groups is 2. The van der Waals surface area contributed by atoms with Crippen molar-refractivity contribution in [3.8, 4) is 23.3 Å². The van der Waals surface area contributed by atoms with Gasteiger partial charge in [0.25, 0.3) is 5.91 Å². The van der Waals surface area contributed by atoms with Gasteiger partial charge in [0.2, 0.25) is 0 Å². The van der Waals surface area contributed by atoms with E-state index in [-0.39, 0.29) is 12.2 Å². The summed E-state index contributed by atoms with van der Waals surface area (Å²) in [6.45, 7) is 0.158. The molecule has 0 unspecified atom stereocenters. The van der Waals surface area contributed by atoms with Gasteiger partial charge < -0.3 is 24.3 Å². The van der Waals surface area contributed by atoms with Gasteiger partial charge in [-0.3, -0.25) is 4.79 Å². The molecule has 0 heterocycles. The highest BCUT2D eigenvalue weighted by Crippen LogP contribution is 2.27. The maximum atomic E-state index is 12.3. The van der Waals surface area contributed by atoms with Crippen LogP contribution in [0.15, 0.2) is 48.0 Å². The number of hydrogen-bond acceptors (Lipinski definition) is 7. The van der Waals surface area contributed by atoms with Crippen LogP contribution < -0.4 is 19.5 Å². The molecule has 1 N–H and O–H groups in total. The van der Waals surface area contributed by atoms with E-state index in [1.807, 2.05) is 18.2 Å². The standard InChI is InChI=1S/C23H24N2O6/c1-28-20-9-6-17(13-21(20)29-2)10-11-25-23(27)18(14-24)12-16-4-7-19(8-5-16)31-15-22(26)30-3/h4-9,12-13H,10-11,15H2,1-3H3,(H,25,27)/b18-12+. The maximum Gasteiger partial charge on any atom is 0.343 e. The first-order valence-corrected chi connectivity index (χ1v) is 9.41. The van der Waals surface area contributed by atoms with Gasteiger partial charge >= 0.3 is 5.97 Å². The number of ether oxygens (including phenoxy) is 4. The third kappa shape index (κ3) is 7.08. The number of hydrogen-bond donors (Lipinski definition) is 1. The van der Waals surface area contributed by atoms with Gasteiger partial charge in [-0.15, -0.1) is 0 Å². The number of carbonyl (C=O) groups excluding carboxylic acids is 2. The quantitative estimate of drug-likeness (QED) is 0.355. The molecule has 0 fully saturated rings. The summed E-state index contributed by atoms with van der Waals surface area (Å²) < 4.78 is 20.2. The lowest BCUT2D eigenvalue weighted by atomic mass is 10.1. The van der Waals surface area contributed by atoms with Crippen LogP contribution in [0, 0.1) is 11.3 Å². The second kappa shape index (κ2) is 11.9. The number of nitriles is 1. The van der Waals surface area contributed by atoms with Crippen molar-refractivity contribution in [1.29, 1.82) is 5.26 Å². The Morgan fingerprint density at radius 2 is 1.74 bits per heavy atom. The van der Waals surface area contributed by atoms with E-state index in [0.717, 1.165) is 5.56 Å². The smallest absolute Gasteiger partial charge is 0.343 e. The SMILES string of the molecule is COC(=O)COc1ccc(/C=C(\C#N)C(=O)NCCc2ccc(OC)c(OC)c2)cc1. The number of methoxy groups -OCH3 is 3. The number of benzene rings is 2. The van der Waals surface area contributed by atoms with Crippen molar-refractivity contribution in [2.45, 2.75) is 6.42 Å². The maximum absolute atomic E-state index is 12.3. The first kappa shape index (κ1) is 23.3. The van der Waals surface area contributed by atoms with E-state index in [4.69, 9.17) is 14.2 Å². The van der Waals surface area contributed by atoms with Gasteiger partial charge in [0.1, 0.15) is 17.4 Å². The fourth-order valence-corrected chi connectivity index (χ4v) is 2.63. The molecule has 8 nitrogen and oxygen atoms in total. The van der Waals surface area contributed by atoms with Crippen LogP contribution in [0.5, 0.6) is 17.2 Å². The van der Waals surface area contributed by atoms with Crippen molar-refractivity contribution in [3.63, 3.8) is 0 Å². The molecule has 0 saturated carbocycles. The average Bonchev–Trinajstić information content (AvgIpc) is 2.81. The molecule has 2 aromatic carbocycles. The third-order valence-corrected chi connectivity index (χ3v) is 4.29. The fraction of sp³-hybridized carbons (Fsp3) is 0.261. The summed E-state index contributed by atoms with van der Waals surface area (Å²) in [5.74, 6) is 0.768. The molecule has 0 bridgehead atoms. The van der Waals surface area contributed by atoms with Crippen LogP contribution in [-0.4, -0.2) is 46.4 Å². The van der Waals surface area contributed by atoms with Crippen LogP contribution in [0.1, 0.15) is 11.1 Å². The van der Waals surface area contributed by atoms with E-state index >= 15 is 0 Å². The zero-order chi connectivity index (χ0) is 22.6. The summed E-state index contributed by atoms with van der Waals surface area (Å²) >= 11 is 0. The fourth-order valence-electron chi connectivity index (χ4n) is 2.63. The van der Waals surface area contributed by atoms with Crippen LogP contribution in [0.4, 0.5) is 0 Å². The van der Waals surface area contributed by atoms with Gasteiger partial charge in [-0.05, 0) is 47.9 Å². The van der Waals surface area contributed by atoms with Crippen molar-refractivity contribution in [2.75, 3.05) is 34.5 Å². The number of rotatable bonds is 10. The minimum Gasteiger partial charge on any atom is -0.493 e. The third-order valence-electron chi connectivity index (χ3n) is 4.29. The summed E-state index contributed by atoms with van der Waals surface area (Å²) in [7, 11) is 4.41. The highest BCUT2D eigenvalue weighted by atomic mass is 16.6. The van der Waals surface area contributed by atoms with Crippen LogP contribution in [-0.2, 0) is 20.7 Å². The van der Waals surface area contributed by atoms with Crippen LogP contribution >= 0.6 is 0 Å². The Morgan fingerprint density at radius 3 is 2.35 bits per heavy atom. The van der Waals surface area contributed by atoms with Crippen molar-refractivity contribution in [1.82, 2.24) is 5.32 Å². The Bertz CT molecular complexity index is 977. The molecule has 0 radical (unpaired) electrons. The second-order valence-electron chi connectivity index (χ2n) is 6.30. The van der Waals surface area contributed by atoms with Gasteiger partial charge in [0, 0.05) is 6.54 Å². The Labute approximate surface area is 181 Å². The van der Waals surface area contributed by atoms with E-state index in [1.54, 1.807) is 44.6 Å². The highest BCUT2D eigenvalue weighted by molar-refractivity contribution is 6.01. The summed E-state index contributed by atoms with van der Waals surface area (Å²) in [4.78, 5) is 23.4. The monoisotopic (exact) mass is 424 g/mol. The highest BCUT2D eigenvalue weighted by Gasteiger charge is 2.10. The van der Waals surface area contributed by atoms with E-state index in [2.05, 4.69) is 10.1 Å². The lowest BCUT2D eigenvalue weighted by Crippen LogP contribution is -2.26. The summed E-state index contributed by atoms with van der Waals surface area (Å²) in [5, 5.41) is 12.1. The Balaban J connectivity index is 1.93. The zero-order valence-corrected chi connectivity index (χ0v) is 17.6. The molecule has 2 rings (SSSR count). The lowest BCUT2D eigenvalue weighted by Gasteiger charge is -2.10. The normalized spacial score (nSPS) is 10.6.